The van der Waals surface area contributed by atoms with E-state index in [4.69, 9.17) is 0 Å². The highest BCUT2D eigenvalue weighted by Gasteiger charge is 2.11. The van der Waals surface area contributed by atoms with Crippen LogP contribution in [-0.4, -0.2) is 9.80 Å². The molecule has 218 valence electrons. The Morgan fingerprint density at radius 1 is 0.227 bits per heavy atom. The molecule has 0 spiro atoms. The van der Waals surface area contributed by atoms with Gasteiger partial charge in [-0.1, -0.05) is 170 Å². The number of nitrogens with zero attached hydrogens (tertiary/aromatic N) is 2. The van der Waals surface area contributed by atoms with Crippen LogP contribution in [0.25, 0.3) is 11.1 Å². The van der Waals surface area contributed by atoms with E-state index in [2.05, 4.69) is 180 Å². The number of hydrogen-bond donors (Lipinski definition) is 0. The Bertz CT molecular complexity index is 1450. The minimum absolute atomic E-state index is 0.904. The van der Waals surface area contributed by atoms with Crippen LogP contribution in [0.15, 0.2) is 170 Å². The van der Waals surface area contributed by atoms with E-state index in [9.17, 15) is 0 Å². The minimum Gasteiger partial charge on any atom is -0.291 e. The number of hydrogen-bond acceptors (Lipinski definition) is 2. The van der Waals surface area contributed by atoms with Crippen LogP contribution in [0.2, 0.25) is 0 Å². The predicted molar refractivity (Wildman–Crippen MR) is 184 cm³/mol. The van der Waals surface area contributed by atoms with Crippen molar-refractivity contribution < 1.29 is 0 Å². The van der Waals surface area contributed by atoms with Gasteiger partial charge in [0, 0.05) is 39.3 Å². The summed E-state index contributed by atoms with van der Waals surface area (Å²) in [6.45, 7) is 5.49. The molecule has 0 saturated heterocycles. The van der Waals surface area contributed by atoms with Crippen LogP contribution in [0.4, 0.5) is 0 Å². The van der Waals surface area contributed by atoms with Crippen LogP contribution in [0.5, 0.6) is 0 Å². The summed E-state index contributed by atoms with van der Waals surface area (Å²) in [7, 11) is 0. The van der Waals surface area contributed by atoms with Crippen molar-refractivity contribution in [3.05, 3.63) is 203 Å². The van der Waals surface area contributed by atoms with Crippen LogP contribution in [0, 0.1) is 0 Å². The first-order valence-corrected chi connectivity index (χ1v) is 15.6. The SMILES string of the molecule is c1ccc(CN(Cc2ccccc2)Cc2ccc(-c3ccc(CN(Cc4ccccc4)Cc4ccccc4)cc3)cc2)cc1. The summed E-state index contributed by atoms with van der Waals surface area (Å²) >= 11 is 0. The Morgan fingerprint density at radius 2 is 0.432 bits per heavy atom. The van der Waals surface area contributed by atoms with E-state index in [1.807, 2.05) is 0 Å². The molecule has 0 heterocycles. The summed E-state index contributed by atoms with van der Waals surface area (Å²) in [4.78, 5) is 5.04. The van der Waals surface area contributed by atoms with Crippen molar-refractivity contribution in [3.8, 4) is 11.1 Å². The number of benzene rings is 6. The molecule has 2 heteroatoms. The van der Waals surface area contributed by atoms with Crippen molar-refractivity contribution in [2.75, 3.05) is 0 Å². The molecular formula is C42H40N2. The van der Waals surface area contributed by atoms with Crippen molar-refractivity contribution in [1.29, 1.82) is 0 Å². The van der Waals surface area contributed by atoms with E-state index in [0.29, 0.717) is 0 Å². The third-order valence-corrected chi connectivity index (χ3v) is 8.05. The van der Waals surface area contributed by atoms with Crippen molar-refractivity contribution >= 4 is 0 Å². The smallest absolute Gasteiger partial charge is 0.0240 e. The summed E-state index contributed by atoms with van der Waals surface area (Å²) in [5.41, 5.74) is 10.5. The van der Waals surface area contributed by atoms with E-state index >= 15 is 0 Å². The first-order chi connectivity index (χ1) is 21.8. The van der Waals surface area contributed by atoms with Gasteiger partial charge in [0.15, 0.2) is 0 Å². The molecule has 6 aromatic rings. The first-order valence-electron chi connectivity index (χ1n) is 15.6. The van der Waals surface area contributed by atoms with Gasteiger partial charge in [0.2, 0.25) is 0 Å². The fourth-order valence-corrected chi connectivity index (χ4v) is 5.82. The molecule has 0 atom stereocenters. The van der Waals surface area contributed by atoms with Crippen LogP contribution in [0.3, 0.4) is 0 Å². The molecule has 0 unspecified atom stereocenters. The molecule has 0 aromatic heterocycles. The lowest BCUT2D eigenvalue weighted by atomic mass is 10.0. The molecule has 0 amide bonds. The highest BCUT2D eigenvalue weighted by molar-refractivity contribution is 5.64. The summed E-state index contributed by atoms with van der Waals surface area (Å²) < 4.78 is 0. The summed E-state index contributed by atoms with van der Waals surface area (Å²) in [6, 6.07) is 61.3. The van der Waals surface area contributed by atoms with Gasteiger partial charge in [0.25, 0.3) is 0 Å². The topological polar surface area (TPSA) is 6.48 Å². The van der Waals surface area contributed by atoms with Crippen molar-refractivity contribution in [1.82, 2.24) is 9.80 Å². The lowest BCUT2D eigenvalue weighted by Crippen LogP contribution is -2.22. The van der Waals surface area contributed by atoms with Crippen LogP contribution < -0.4 is 0 Å². The highest BCUT2D eigenvalue weighted by Crippen LogP contribution is 2.23. The Kier molecular flexibility index (Phi) is 10.1. The van der Waals surface area contributed by atoms with Gasteiger partial charge in [0.1, 0.15) is 0 Å². The largest absolute Gasteiger partial charge is 0.291 e. The molecule has 6 rings (SSSR count). The molecule has 44 heavy (non-hydrogen) atoms. The van der Waals surface area contributed by atoms with Gasteiger partial charge in [-0.05, 0) is 44.5 Å². The molecule has 0 bridgehead atoms. The van der Waals surface area contributed by atoms with Crippen LogP contribution in [-0.2, 0) is 39.3 Å². The molecule has 0 N–H and O–H groups in total. The highest BCUT2D eigenvalue weighted by atomic mass is 15.1. The molecule has 0 fully saturated rings. The third kappa shape index (κ3) is 8.64. The van der Waals surface area contributed by atoms with Gasteiger partial charge in [-0.25, -0.2) is 0 Å². The van der Waals surface area contributed by atoms with E-state index in [0.717, 1.165) is 39.3 Å². The van der Waals surface area contributed by atoms with E-state index < -0.39 is 0 Å². The molecule has 0 aliphatic carbocycles. The Labute approximate surface area is 262 Å². The molecule has 0 aliphatic heterocycles. The van der Waals surface area contributed by atoms with Gasteiger partial charge in [-0.15, -0.1) is 0 Å². The fourth-order valence-electron chi connectivity index (χ4n) is 5.82. The maximum absolute atomic E-state index is 2.52. The lowest BCUT2D eigenvalue weighted by Gasteiger charge is -2.23. The third-order valence-electron chi connectivity index (χ3n) is 8.05. The molecule has 6 aromatic carbocycles. The van der Waals surface area contributed by atoms with E-state index in [1.54, 1.807) is 0 Å². The number of rotatable bonds is 13. The monoisotopic (exact) mass is 572 g/mol. The first kappa shape index (κ1) is 29.3. The van der Waals surface area contributed by atoms with Crippen LogP contribution >= 0.6 is 0 Å². The zero-order valence-corrected chi connectivity index (χ0v) is 25.3. The molecule has 0 radical (unpaired) electrons. The van der Waals surface area contributed by atoms with Crippen molar-refractivity contribution in [3.63, 3.8) is 0 Å². The average molecular weight is 573 g/mol. The molecular weight excluding hydrogens is 532 g/mol. The molecule has 2 nitrogen and oxygen atoms in total. The van der Waals surface area contributed by atoms with Gasteiger partial charge >= 0.3 is 0 Å². The Hall–Kier alpha value is -4.76. The molecule has 0 saturated carbocycles. The van der Waals surface area contributed by atoms with Gasteiger partial charge in [0.05, 0.1) is 0 Å². The van der Waals surface area contributed by atoms with Crippen LogP contribution in [0.1, 0.15) is 33.4 Å². The molecule has 0 aliphatic rings. The minimum atomic E-state index is 0.904. The Balaban J connectivity index is 1.12. The van der Waals surface area contributed by atoms with Crippen molar-refractivity contribution in [2.45, 2.75) is 39.3 Å². The predicted octanol–water partition coefficient (Wildman–Crippen LogP) is 9.76. The quantitative estimate of drug-likeness (QED) is 0.136. The second-order valence-electron chi connectivity index (χ2n) is 11.6. The van der Waals surface area contributed by atoms with Crippen molar-refractivity contribution in [2.24, 2.45) is 0 Å². The Morgan fingerprint density at radius 3 is 0.659 bits per heavy atom. The zero-order valence-electron chi connectivity index (χ0n) is 25.3. The summed E-state index contributed by atoms with van der Waals surface area (Å²) in [6.07, 6.45) is 0. The average Bonchev–Trinajstić information content (AvgIpc) is 3.07. The van der Waals surface area contributed by atoms with Gasteiger partial charge in [-0.3, -0.25) is 9.80 Å². The normalized spacial score (nSPS) is 11.2. The lowest BCUT2D eigenvalue weighted by molar-refractivity contribution is 0.247. The second kappa shape index (κ2) is 15.1. The van der Waals surface area contributed by atoms with E-state index in [-0.39, 0.29) is 0 Å². The summed E-state index contributed by atoms with van der Waals surface area (Å²) in [5.74, 6) is 0. The maximum atomic E-state index is 2.52. The standard InChI is InChI=1S/C42H40N2/c1-5-13-35(14-6-1)29-43(30-36-15-7-2-8-16-36)33-39-21-25-41(26-22-39)42-27-23-40(24-28-42)34-44(31-37-17-9-3-10-18-37)32-38-19-11-4-12-20-38/h1-28H,29-34H2. The van der Waals surface area contributed by atoms with Gasteiger partial charge in [-0.2, -0.15) is 0 Å². The second-order valence-corrected chi connectivity index (χ2v) is 11.6. The van der Waals surface area contributed by atoms with E-state index in [1.165, 1.54) is 44.5 Å². The fraction of sp³-hybridized carbons (Fsp3) is 0.143. The van der Waals surface area contributed by atoms with Gasteiger partial charge < -0.3 is 0 Å². The maximum Gasteiger partial charge on any atom is 0.0240 e. The summed E-state index contributed by atoms with van der Waals surface area (Å²) in [5, 5.41) is 0. The zero-order chi connectivity index (χ0) is 29.8.